The molecule has 0 spiro atoms. The van der Waals surface area contributed by atoms with Gasteiger partial charge in [0.1, 0.15) is 6.54 Å². The van der Waals surface area contributed by atoms with Crippen molar-refractivity contribution in [3.05, 3.63) is 58.6 Å². The van der Waals surface area contributed by atoms with Crippen molar-refractivity contribution in [1.29, 1.82) is 0 Å². The Morgan fingerprint density at radius 2 is 1.83 bits per heavy atom. The second kappa shape index (κ2) is 7.29. The fourth-order valence-electron chi connectivity index (χ4n) is 2.19. The highest BCUT2D eigenvalue weighted by molar-refractivity contribution is 6.30. The third-order valence-electron chi connectivity index (χ3n) is 3.59. The predicted octanol–water partition coefficient (Wildman–Crippen LogP) is 3.95. The van der Waals surface area contributed by atoms with Crippen LogP contribution >= 0.6 is 11.6 Å². The maximum absolute atomic E-state index is 12.2. The van der Waals surface area contributed by atoms with Gasteiger partial charge in [0.2, 0.25) is 11.8 Å². The van der Waals surface area contributed by atoms with E-state index < -0.39 is 0 Å². The van der Waals surface area contributed by atoms with E-state index in [-0.39, 0.29) is 18.4 Å². The average Bonchev–Trinajstić information content (AvgIpc) is 2.47. The Morgan fingerprint density at radius 3 is 2.43 bits per heavy atom. The zero-order valence-corrected chi connectivity index (χ0v) is 14.1. The third kappa shape index (κ3) is 4.57. The lowest BCUT2D eigenvalue weighted by molar-refractivity contribution is -0.120. The van der Waals surface area contributed by atoms with Crippen molar-refractivity contribution in [2.24, 2.45) is 0 Å². The molecule has 0 fully saturated rings. The van der Waals surface area contributed by atoms with Crippen LogP contribution in [0.5, 0.6) is 0 Å². The molecule has 0 bridgehead atoms. The maximum atomic E-state index is 12.2. The number of halogens is 1. The van der Waals surface area contributed by atoms with Gasteiger partial charge in [-0.25, -0.2) is 0 Å². The van der Waals surface area contributed by atoms with Crippen LogP contribution in [0.2, 0.25) is 5.02 Å². The van der Waals surface area contributed by atoms with Gasteiger partial charge in [0, 0.05) is 23.3 Å². The molecule has 2 rings (SSSR count). The Bertz CT molecular complexity index is 744. The monoisotopic (exact) mass is 330 g/mol. The van der Waals surface area contributed by atoms with Crippen LogP contribution in [0.15, 0.2) is 42.5 Å². The van der Waals surface area contributed by atoms with Crippen LogP contribution in [0.25, 0.3) is 0 Å². The first-order valence-corrected chi connectivity index (χ1v) is 7.65. The second-order valence-electron chi connectivity index (χ2n) is 5.43. The number of nitrogens with one attached hydrogen (secondary N) is 1. The molecule has 2 amide bonds. The normalized spacial score (nSPS) is 10.3. The highest BCUT2D eigenvalue weighted by Gasteiger charge is 2.16. The minimum Gasteiger partial charge on any atom is -0.324 e. The fourth-order valence-corrected chi connectivity index (χ4v) is 2.38. The summed E-state index contributed by atoms with van der Waals surface area (Å²) in [4.78, 5) is 25.6. The van der Waals surface area contributed by atoms with E-state index in [1.165, 1.54) is 11.8 Å². The van der Waals surface area contributed by atoms with Crippen LogP contribution in [-0.2, 0) is 9.59 Å². The van der Waals surface area contributed by atoms with Gasteiger partial charge < -0.3 is 10.2 Å². The van der Waals surface area contributed by atoms with Gasteiger partial charge >= 0.3 is 0 Å². The van der Waals surface area contributed by atoms with Crippen molar-refractivity contribution in [2.45, 2.75) is 20.8 Å². The number of benzene rings is 2. The zero-order valence-electron chi connectivity index (χ0n) is 13.4. The molecule has 0 radical (unpaired) electrons. The summed E-state index contributed by atoms with van der Waals surface area (Å²) in [7, 11) is 0. The molecule has 120 valence electrons. The number of carbonyl (C=O) groups excluding carboxylic acids is 2. The van der Waals surface area contributed by atoms with Gasteiger partial charge in [-0.3, -0.25) is 9.59 Å². The molecule has 0 atom stereocenters. The predicted molar refractivity (Wildman–Crippen MR) is 94.0 cm³/mol. The minimum absolute atomic E-state index is 0.0512. The molecule has 0 aliphatic rings. The van der Waals surface area contributed by atoms with E-state index in [0.29, 0.717) is 16.4 Å². The molecular weight excluding hydrogens is 312 g/mol. The van der Waals surface area contributed by atoms with Crippen LogP contribution < -0.4 is 10.2 Å². The summed E-state index contributed by atoms with van der Waals surface area (Å²) in [6.45, 7) is 5.37. The largest absolute Gasteiger partial charge is 0.324 e. The van der Waals surface area contributed by atoms with Crippen molar-refractivity contribution in [3.8, 4) is 0 Å². The summed E-state index contributed by atoms with van der Waals surface area (Å²) in [5, 5.41) is 3.29. The van der Waals surface area contributed by atoms with E-state index in [4.69, 9.17) is 11.6 Å². The summed E-state index contributed by atoms with van der Waals surface area (Å²) < 4.78 is 0. The molecule has 0 aliphatic heterocycles. The smallest absolute Gasteiger partial charge is 0.244 e. The van der Waals surface area contributed by atoms with Crippen LogP contribution in [0.1, 0.15) is 18.1 Å². The van der Waals surface area contributed by atoms with Crippen molar-refractivity contribution < 1.29 is 9.59 Å². The number of carbonyl (C=O) groups is 2. The Morgan fingerprint density at radius 1 is 1.09 bits per heavy atom. The summed E-state index contributed by atoms with van der Waals surface area (Å²) in [6, 6.07) is 12.6. The second-order valence-corrected chi connectivity index (χ2v) is 5.87. The van der Waals surface area contributed by atoms with Crippen molar-refractivity contribution in [2.75, 3.05) is 16.8 Å². The molecule has 4 nitrogen and oxygen atoms in total. The number of hydrogen-bond acceptors (Lipinski definition) is 2. The van der Waals surface area contributed by atoms with E-state index in [0.717, 1.165) is 11.1 Å². The topological polar surface area (TPSA) is 49.4 Å². The summed E-state index contributed by atoms with van der Waals surface area (Å²) in [5.74, 6) is -0.463. The lowest BCUT2D eigenvalue weighted by atomic mass is 10.1. The summed E-state index contributed by atoms with van der Waals surface area (Å²) >= 11 is 5.90. The van der Waals surface area contributed by atoms with Gasteiger partial charge in [-0.2, -0.15) is 0 Å². The zero-order chi connectivity index (χ0) is 17.0. The van der Waals surface area contributed by atoms with Gasteiger partial charge in [-0.15, -0.1) is 0 Å². The average molecular weight is 331 g/mol. The number of aryl methyl sites for hydroxylation is 2. The quantitative estimate of drug-likeness (QED) is 0.922. The van der Waals surface area contributed by atoms with E-state index in [1.807, 2.05) is 32.0 Å². The third-order valence-corrected chi connectivity index (χ3v) is 3.83. The van der Waals surface area contributed by atoms with E-state index in [1.54, 1.807) is 24.3 Å². The fraction of sp³-hybridized carbons (Fsp3) is 0.222. The van der Waals surface area contributed by atoms with Gasteiger partial charge in [0.15, 0.2) is 0 Å². The molecule has 2 aromatic rings. The first-order valence-electron chi connectivity index (χ1n) is 7.27. The van der Waals surface area contributed by atoms with Crippen LogP contribution in [0, 0.1) is 13.8 Å². The van der Waals surface area contributed by atoms with Gasteiger partial charge in [0.25, 0.3) is 0 Å². The van der Waals surface area contributed by atoms with Gasteiger partial charge in [-0.05, 0) is 55.3 Å². The number of hydrogen-bond donors (Lipinski definition) is 1. The first-order chi connectivity index (χ1) is 10.9. The lowest BCUT2D eigenvalue weighted by Gasteiger charge is -2.21. The molecule has 23 heavy (non-hydrogen) atoms. The molecule has 0 saturated heterocycles. The Kier molecular flexibility index (Phi) is 5.40. The maximum Gasteiger partial charge on any atom is 0.244 e. The van der Waals surface area contributed by atoms with Crippen molar-refractivity contribution in [1.82, 2.24) is 0 Å². The molecule has 0 heterocycles. The van der Waals surface area contributed by atoms with E-state index in [9.17, 15) is 9.59 Å². The van der Waals surface area contributed by atoms with Gasteiger partial charge in [-0.1, -0.05) is 23.7 Å². The summed E-state index contributed by atoms with van der Waals surface area (Å²) in [6.07, 6.45) is 0. The number of amides is 2. The number of rotatable bonds is 4. The highest BCUT2D eigenvalue weighted by Crippen LogP contribution is 2.20. The van der Waals surface area contributed by atoms with Gasteiger partial charge in [0.05, 0.1) is 0 Å². The van der Waals surface area contributed by atoms with E-state index >= 15 is 0 Å². The molecule has 2 aromatic carbocycles. The summed E-state index contributed by atoms with van der Waals surface area (Å²) in [5.41, 5.74) is 3.53. The number of anilines is 2. The lowest BCUT2D eigenvalue weighted by Crippen LogP contribution is -2.36. The Hall–Kier alpha value is -2.33. The Balaban J connectivity index is 2.14. The first kappa shape index (κ1) is 17.0. The molecule has 0 aliphatic carbocycles. The van der Waals surface area contributed by atoms with Crippen LogP contribution in [0.4, 0.5) is 11.4 Å². The van der Waals surface area contributed by atoms with E-state index in [2.05, 4.69) is 5.32 Å². The highest BCUT2D eigenvalue weighted by atomic mass is 35.5. The number of nitrogens with zero attached hydrogens (tertiary/aromatic N) is 1. The molecular formula is C18H19ClN2O2. The molecule has 0 aromatic heterocycles. The Labute approximate surface area is 141 Å². The molecule has 5 heteroatoms. The standard InChI is InChI=1S/C18H19ClN2O2/c1-12-7-8-17(9-13(12)2)21(14(3)22)11-18(23)20-16-6-4-5-15(19)10-16/h4-10H,11H2,1-3H3,(H,20,23). The SMILES string of the molecule is CC(=O)N(CC(=O)Nc1cccc(Cl)c1)c1ccc(C)c(C)c1. The van der Waals surface area contributed by atoms with Crippen molar-refractivity contribution >= 4 is 34.8 Å². The molecule has 0 unspecified atom stereocenters. The van der Waals surface area contributed by atoms with Crippen LogP contribution in [0.3, 0.4) is 0 Å². The molecule has 0 saturated carbocycles. The minimum atomic E-state index is -0.277. The van der Waals surface area contributed by atoms with Crippen LogP contribution in [-0.4, -0.2) is 18.4 Å². The molecule has 1 N–H and O–H groups in total. The van der Waals surface area contributed by atoms with Crippen molar-refractivity contribution in [3.63, 3.8) is 0 Å².